The number of rotatable bonds is 3. The first-order valence-electron chi connectivity index (χ1n) is 5.82. The van der Waals surface area contributed by atoms with E-state index in [9.17, 15) is 4.79 Å². The molecule has 0 atom stereocenters. The summed E-state index contributed by atoms with van der Waals surface area (Å²) in [7, 11) is 0. The Morgan fingerprint density at radius 3 is 2.83 bits per heavy atom. The number of imidazole rings is 1. The van der Waals surface area contributed by atoms with E-state index in [4.69, 9.17) is 0 Å². The van der Waals surface area contributed by atoms with Crippen LogP contribution in [-0.2, 0) is 6.54 Å². The van der Waals surface area contributed by atoms with Crippen molar-refractivity contribution in [3.05, 3.63) is 60.3 Å². The Morgan fingerprint density at radius 2 is 2.11 bits per heavy atom. The van der Waals surface area contributed by atoms with Gasteiger partial charge in [-0.1, -0.05) is 6.07 Å². The van der Waals surface area contributed by atoms with Gasteiger partial charge in [0.15, 0.2) is 5.78 Å². The van der Waals surface area contributed by atoms with Gasteiger partial charge in [-0.15, -0.1) is 0 Å². The fourth-order valence-corrected chi connectivity index (χ4v) is 2.00. The Labute approximate surface area is 105 Å². The van der Waals surface area contributed by atoms with Crippen LogP contribution in [0.2, 0.25) is 0 Å². The van der Waals surface area contributed by atoms with Gasteiger partial charge in [0.1, 0.15) is 5.65 Å². The average molecular weight is 239 g/mol. The van der Waals surface area contributed by atoms with Crippen molar-refractivity contribution < 1.29 is 4.79 Å². The first kappa shape index (κ1) is 10.8. The van der Waals surface area contributed by atoms with Crippen molar-refractivity contribution in [2.45, 2.75) is 13.5 Å². The number of pyridine rings is 1. The number of Topliss-reactive ketones (excluding diaryl/α,β-unsaturated/α-hetero) is 1. The first-order chi connectivity index (χ1) is 8.72. The Bertz CT molecular complexity index is 675. The third-order valence-corrected chi connectivity index (χ3v) is 2.92. The van der Waals surface area contributed by atoms with Gasteiger partial charge in [0.2, 0.25) is 0 Å². The van der Waals surface area contributed by atoms with Crippen LogP contribution in [-0.4, -0.2) is 19.7 Å². The maximum Gasteiger partial charge on any atom is 0.161 e. The van der Waals surface area contributed by atoms with Crippen LogP contribution in [0.25, 0.3) is 5.65 Å². The number of ketones is 1. The van der Waals surface area contributed by atoms with Crippen LogP contribution in [0.5, 0.6) is 0 Å². The van der Waals surface area contributed by atoms with Crippen LogP contribution in [0.1, 0.15) is 23.0 Å². The minimum Gasteiger partial charge on any atom is -0.348 e. The van der Waals surface area contributed by atoms with E-state index >= 15 is 0 Å². The van der Waals surface area contributed by atoms with E-state index in [1.165, 1.54) is 0 Å². The van der Waals surface area contributed by atoms with E-state index < -0.39 is 0 Å². The van der Waals surface area contributed by atoms with Crippen LogP contribution < -0.4 is 0 Å². The standard InChI is InChI=1S/C14H13N3O/c1-11(18)12-5-7-16(8-12)9-13-10-17-6-3-2-4-14(17)15-13/h2-8,10H,9H2,1H3. The number of carbonyl (C=O) groups is 1. The molecule has 0 amide bonds. The van der Waals surface area contributed by atoms with Crippen molar-refractivity contribution in [3.8, 4) is 0 Å². The Kier molecular flexibility index (Phi) is 2.48. The molecule has 0 aliphatic carbocycles. The predicted octanol–water partition coefficient (Wildman–Crippen LogP) is 2.39. The Hall–Kier alpha value is -2.36. The van der Waals surface area contributed by atoms with Crippen molar-refractivity contribution in [3.63, 3.8) is 0 Å². The van der Waals surface area contributed by atoms with Crippen LogP contribution >= 0.6 is 0 Å². The highest BCUT2D eigenvalue weighted by molar-refractivity contribution is 5.93. The minimum atomic E-state index is 0.0868. The van der Waals surface area contributed by atoms with Gasteiger partial charge in [-0.3, -0.25) is 4.79 Å². The molecule has 18 heavy (non-hydrogen) atoms. The molecule has 3 aromatic rings. The molecule has 0 radical (unpaired) electrons. The molecule has 0 saturated heterocycles. The largest absolute Gasteiger partial charge is 0.348 e. The van der Waals surface area contributed by atoms with E-state index in [1.807, 2.05) is 58.0 Å². The summed E-state index contributed by atoms with van der Waals surface area (Å²) in [4.78, 5) is 15.7. The number of carbonyl (C=O) groups excluding carboxylic acids is 1. The summed E-state index contributed by atoms with van der Waals surface area (Å²) < 4.78 is 3.96. The van der Waals surface area contributed by atoms with E-state index in [0.29, 0.717) is 6.54 Å². The van der Waals surface area contributed by atoms with Gasteiger partial charge in [0.25, 0.3) is 0 Å². The molecule has 0 bridgehead atoms. The van der Waals surface area contributed by atoms with Crippen molar-refractivity contribution in [2.24, 2.45) is 0 Å². The summed E-state index contributed by atoms with van der Waals surface area (Å²) in [5, 5.41) is 0. The second-order valence-electron chi connectivity index (χ2n) is 4.33. The lowest BCUT2D eigenvalue weighted by atomic mass is 10.2. The van der Waals surface area contributed by atoms with Crippen molar-refractivity contribution >= 4 is 11.4 Å². The molecular formula is C14H13N3O. The van der Waals surface area contributed by atoms with E-state index in [1.54, 1.807) is 6.92 Å². The summed E-state index contributed by atoms with van der Waals surface area (Å²) in [6.07, 6.45) is 7.73. The highest BCUT2D eigenvalue weighted by Gasteiger charge is 2.04. The van der Waals surface area contributed by atoms with Gasteiger partial charge in [-0.05, 0) is 25.1 Å². The van der Waals surface area contributed by atoms with Crippen LogP contribution in [0.15, 0.2) is 49.1 Å². The highest BCUT2D eigenvalue weighted by Crippen LogP contribution is 2.08. The topological polar surface area (TPSA) is 39.3 Å². The van der Waals surface area contributed by atoms with Crippen LogP contribution in [0.3, 0.4) is 0 Å². The molecule has 0 aromatic carbocycles. The molecule has 3 aromatic heterocycles. The zero-order valence-electron chi connectivity index (χ0n) is 10.1. The molecule has 3 heterocycles. The summed E-state index contributed by atoms with van der Waals surface area (Å²) in [5.74, 6) is 0.0868. The van der Waals surface area contributed by atoms with Gasteiger partial charge >= 0.3 is 0 Å². The molecule has 0 unspecified atom stereocenters. The van der Waals surface area contributed by atoms with Gasteiger partial charge in [-0.2, -0.15) is 0 Å². The molecule has 0 aliphatic rings. The molecule has 3 rings (SSSR count). The minimum absolute atomic E-state index is 0.0868. The molecule has 0 N–H and O–H groups in total. The fourth-order valence-electron chi connectivity index (χ4n) is 2.00. The fraction of sp³-hybridized carbons (Fsp3) is 0.143. The highest BCUT2D eigenvalue weighted by atomic mass is 16.1. The molecule has 0 aliphatic heterocycles. The smallest absolute Gasteiger partial charge is 0.161 e. The van der Waals surface area contributed by atoms with Gasteiger partial charge < -0.3 is 8.97 Å². The average Bonchev–Trinajstić information content (AvgIpc) is 2.94. The normalized spacial score (nSPS) is 10.9. The molecule has 0 saturated carbocycles. The maximum absolute atomic E-state index is 11.2. The zero-order chi connectivity index (χ0) is 12.5. The van der Waals surface area contributed by atoms with E-state index in [-0.39, 0.29) is 5.78 Å². The zero-order valence-corrected chi connectivity index (χ0v) is 10.1. The number of aromatic nitrogens is 3. The second-order valence-corrected chi connectivity index (χ2v) is 4.33. The monoisotopic (exact) mass is 239 g/mol. The Balaban J connectivity index is 1.88. The van der Waals surface area contributed by atoms with Crippen molar-refractivity contribution in [2.75, 3.05) is 0 Å². The third-order valence-electron chi connectivity index (χ3n) is 2.92. The maximum atomic E-state index is 11.2. The predicted molar refractivity (Wildman–Crippen MR) is 68.7 cm³/mol. The van der Waals surface area contributed by atoms with Gasteiger partial charge in [-0.25, -0.2) is 4.98 Å². The Morgan fingerprint density at radius 1 is 1.22 bits per heavy atom. The van der Waals surface area contributed by atoms with E-state index in [0.717, 1.165) is 16.9 Å². The molecule has 0 spiro atoms. The second kappa shape index (κ2) is 4.14. The number of fused-ring (bicyclic) bond motifs is 1. The molecule has 4 nitrogen and oxygen atoms in total. The summed E-state index contributed by atoms with van der Waals surface area (Å²) in [6.45, 7) is 2.25. The lowest BCUT2D eigenvalue weighted by Gasteiger charge is -1.97. The van der Waals surface area contributed by atoms with Gasteiger partial charge in [0, 0.05) is 30.4 Å². The summed E-state index contributed by atoms with van der Waals surface area (Å²) >= 11 is 0. The lowest BCUT2D eigenvalue weighted by Crippen LogP contribution is -1.97. The number of hydrogen-bond donors (Lipinski definition) is 0. The quantitative estimate of drug-likeness (QED) is 0.658. The number of nitrogens with zero attached hydrogens (tertiary/aromatic N) is 3. The van der Waals surface area contributed by atoms with E-state index in [2.05, 4.69) is 4.98 Å². The van der Waals surface area contributed by atoms with Gasteiger partial charge in [0.05, 0.1) is 12.2 Å². The van der Waals surface area contributed by atoms with Crippen LogP contribution in [0, 0.1) is 0 Å². The van der Waals surface area contributed by atoms with Crippen LogP contribution in [0.4, 0.5) is 0 Å². The molecule has 0 fully saturated rings. The lowest BCUT2D eigenvalue weighted by molar-refractivity contribution is 0.101. The summed E-state index contributed by atoms with van der Waals surface area (Å²) in [6, 6.07) is 7.75. The SMILES string of the molecule is CC(=O)c1ccn(Cc2cn3ccccc3n2)c1. The summed E-state index contributed by atoms with van der Waals surface area (Å²) in [5.41, 5.74) is 2.65. The van der Waals surface area contributed by atoms with Crippen molar-refractivity contribution in [1.82, 2.24) is 14.0 Å². The first-order valence-corrected chi connectivity index (χ1v) is 5.82. The molecule has 4 heteroatoms. The molecular weight excluding hydrogens is 226 g/mol. The number of hydrogen-bond acceptors (Lipinski definition) is 2. The molecule has 90 valence electrons. The third kappa shape index (κ3) is 1.93. The van der Waals surface area contributed by atoms with Crippen molar-refractivity contribution in [1.29, 1.82) is 0 Å².